The molecule has 0 unspecified atom stereocenters. The highest BCUT2D eigenvalue weighted by Gasteiger charge is 2.27. The van der Waals surface area contributed by atoms with Crippen molar-refractivity contribution >= 4 is 17.8 Å². The van der Waals surface area contributed by atoms with Gasteiger partial charge in [-0.3, -0.25) is 4.79 Å². The molecule has 1 N–H and O–H groups in total. The number of amidine groups is 1. The largest absolute Gasteiger partial charge is 0.496 e. The van der Waals surface area contributed by atoms with E-state index < -0.39 is 0 Å². The topological polar surface area (TPSA) is 59.9 Å². The van der Waals surface area contributed by atoms with Gasteiger partial charge in [-0.2, -0.15) is 0 Å². The first kappa shape index (κ1) is 16.7. The van der Waals surface area contributed by atoms with E-state index in [0.717, 1.165) is 48.8 Å². The van der Waals surface area contributed by atoms with Crippen LogP contribution in [0.25, 0.3) is 6.08 Å². The Labute approximate surface area is 142 Å². The average Bonchev–Trinajstić information content (AvgIpc) is 2.96. The third kappa shape index (κ3) is 3.51. The van der Waals surface area contributed by atoms with Gasteiger partial charge >= 0.3 is 0 Å². The maximum absolute atomic E-state index is 12.2. The first-order valence-corrected chi connectivity index (χ1v) is 8.45. The Bertz CT molecular complexity index is 686. The Morgan fingerprint density at radius 3 is 2.75 bits per heavy atom. The molecular formula is C19H24N2O3. The van der Waals surface area contributed by atoms with Crippen LogP contribution < -0.4 is 10.1 Å². The number of benzene rings is 1. The molecule has 0 aromatic heterocycles. The zero-order valence-electron chi connectivity index (χ0n) is 14.5. The van der Waals surface area contributed by atoms with Crippen molar-refractivity contribution in [2.45, 2.75) is 32.6 Å². The predicted molar refractivity (Wildman–Crippen MR) is 94.2 cm³/mol. The summed E-state index contributed by atoms with van der Waals surface area (Å²) in [5, 5.41) is 2.92. The van der Waals surface area contributed by atoms with E-state index in [2.05, 4.69) is 30.2 Å². The van der Waals surface area contributed by atoms with E-state index in [1.807, 2.05) is 18.2 Å². The molecule has 2 aliphatic rings. The lowest BCUT2D eigenvalue weighted by atomic mass is 9.99. The standard InChI is InChI=1S/C19H24N2O3/c1-12(2)15-10-13(4-5-17(15)23-3)11-16-19(22)21-18(20-16)14-6-8-24-9-7-14/h4-5,10-12,14H,6-9H2,1-3H3,(H,20,21,22)/b16-11+. The highest BCUT2D eigenvalue weighted by atomic mass is 16.5. The molecular weight excluding hydrogens is 304 g/mol. The lowest BCUT2D eigenvalue weighted by molar-refractivity contribution is -0.115. The number of nitrogens with one attached hydrogen (secondary N) is 1. The minimum atomic E-state index is -0.126. The summed E-state index contributed by atoms with van der Waals surface area (Å²) in [4.78, 5) is 16.8. The fourth-order valence-electron chi connectivity index (χ4n) is 3.10. The number of rotatable bonds is 4. The zero-order chi connectivity index (χ0) is 17.1. The van der Waals surface area contributed by atoms with E-state index in [0.29, 0.717) is 11.6 Å². The van der Waals surface area contributed by atoms with Crippen LogP contribution in [0, 0.1) is 5.92 Å². The summed E-state index contributed by atoms with van der Waals surface area (Å²) in [6.07, 6.45) is 3.66. The van der Waals surface area contributed by atoms with Crippen LogP contribution in [-0.2, 0) is 9.53 Å². The van der Waals surface area contributed by atoms with Gasteiger partial charge in [0.25, 0.3) is 5.91 Å². The minimum absolute atomic E-state index is 0.126. The second-order valence-corrected chi connectivity index (χ2v) is 6.52. The Kier molecular flexibility index (Phi) is 5.00. The van der Waals surface area contributed by atoms with Gasteiger partial charge in [0.2, 0.25) is 0 Å². The van der Waals surface area contributed by atoms with Crippen molar-refractivity contribution in [2.24, 2.45) is 10.9 Å². The maximum Gasteiger partial charge on any atom is 0.275 e. The molecule has 3 rings (SSSR count). The number of amides is 1. The average molecular weight is 328 g/mol. The van der Waals surface area contributed by atoms with E-state index in [1.54, 1.807) is 7.11 Å². The molecule has 24 heavy (non-hydrogen) atoms. The lowest BCUT2D eigenvalue weighted by Gasteiger charge is -2.21. The number of carbonyl (C=O) groups excluding carboxylic acids is 1. The summed E-state index contributed by atoms with van der Waals surface area (Å²) in [7, 11) is 1.67. The van der Waals surface area contributed by atoms with Gasteiger partial charge in [0.05, 0.1) is 7.11 Å². The van der Waals surface area contributed by atoms with Crippen molar-refractivity contribution in [3.63, 3.8) is 0 Å². The summed E-state index contributed by atoms with van der Waals surface area (Å²) in [5.41, 5.74) is 2.55. The Balaban J connectivity index is 1.86. The van der Waals surface area contributed by atoms with Gasteiger partial charge in [0, 0.05) is 19.1 Å². The molecule has 128 valence electrons. The molecule has 5 nitrogen and oxygen atoms in total. The van der Waals surface area contributed by atoms with Crippen molar-refractivity contribution in [1.29, 1.82) is 0 Å². The van der Waals surface area contributed by atoms with Crippen molar-refractivity contribution in [2.75, 3.05) is 20.3 Å². The van der Waals surface area contributed by atoms with Crippen molar-refractivity contribution in [3.05, 3.63) is 35.0 Å². The summed E-state index contributed by atoms with van der Waals surface area (Å²) < 4.78 is 10.8. The van der Waals surface area contributed by atoms with Gasteiger partial charge in [-0.25, -0.2) is 4.99 Å². The monoisotopic (exact) mass is 328 g/mol. The molecule has 0 radical (unpaired) electrons. The van der Waals surface area contributed by atoms with E-state index in [9.17, 15) is 4.79 Å². The number of aliphatic imine (C=N–C) groups is 1. The van der Waals surface area contributed by atoms with E-state index in [4.69, 9.17) is 9.47 Å². The molecule has 1 saturated heterocycles. The second kappa shape index (κ2) is 7.18. The second-order valence-electron chi connectivity index (χ2n) is 6.52. The van der Waals surface area contributed by atoms with Crippen LogP contribution in [0.5, 0.6) is 5.75 Å². The lowest BCUT2D eigenvalue weighted by Crippen LogP contribution is -2.33. The Morgan fingerprint density at radius 2 is 2.08 bits per heavy atom. The van der Waals surface area contributed by atoms with Gasteiger partial charge in [-0.1, -0.05) is 19.9 Å². The summed E-state index contributed by atoms with van der Waals surface area (Å²) >= 11 is 0. The van der Waals surface area contributed by atoms with E-state index in [1.165, 1.54) is 0 Å². The number of hydrogen-bond acceptors (Lipinski definition) is 4. The molecule has 1 fully saturated rings. The normalized spacial score (nSPS) is 20.4. The van der Waals surface area contributed by atoms with Gasteiger partial charge in [-0.15, -0.1) is 0 Å². The molecule has 0 atom stereocenters. The van der Waals surface area contributed by atoms with Crippen LogP contribution in [0.1, 0.15) is 43.7 Å². The number of ether oxygens (including phenoxy) is 2. The quantitative estimate of drug-likeness (QED) is 0.864. The predicted octanol–water partition coefficient (Wildman–Crippen LogP) is 3.11. The molecule has 0 bridgehead atoms. The molecule has 0 saturated carbocycles. The van der Waals surface area contributed by atoms with Crippen LogP contribution >= 0.6 is 0 Å². The third-order valence-corrected chi connectivity index (χ3v) is 4.50. The molecule has 2 heterocycles. The molecule has 0 aliphatic carbocycles. The molecule has 2 aliphatic heterocycles. The van der Waals surface area contributed by atoms with Crippen molar-refractivity contribution in [3.8, 4) is 5.75 Å². The first-order valence-electron chi connectivity index (χ1n) is 8.45. The van der Waals surface area contributed by atoms with Crippen LogP contribution in [0.3, 0.4) is 0 Å². The van der Waals surface area contributed by atoms with E-state index >= 15 is 0 Å². The first-order chi connectivity index (χ1) is 11.6. The number of methoxy groups -OCH3 is 1. The number of nitrogens with zero attached hydrogens (tertiary/aromatic N) is 1. The highest BCUT2D eigenvalue weighted by molar-refractivity contribution is 6.15. The Hall–Kier alpha value is -2.14. The number of hydrogen-bond donors (Lipinski definition) is 1. The van der Waals surface area contributed by atoms with Crippen LogP contribution in [0.4, 0.5) is 0 Å². The van der Waals surface area contributed by atoms with Gasteiger partial charge in [0.15, 0.2) is 0 Å². The van der Waals surface area contributed by atoms with Crippen LogP contribution in [-0.4, -0.2) is 32.1 Å². The SMILES string of the molecule is COc1ccc(/C=C2/N=C(C3CCOCC3)NC2=O)cc1C(C)C. The Morgan fingerprint density at radius 1 is 1.33 bits per heavy atom. The fraction of sp³-hybridized carbons (Fsp3) is 0.474. The fourth-order valence-corrected chi connectivity index (χ4v) is 3.10. The minimum Gasteiger partial charge on any atom is -0.496 e. The summed E-state index contributed by atoms with van der Waals surface area (Å²) in [6.45, 7) is 5.71. The van der Waals surface area contributed by atoms with Crippen LogP contribution in [0.15, 0.2) is 28.9 Å². The van der Waals surface area contributed by atoms with E-state index in [-0.39, 0.29) is 11.8 Å². The van der Waals surface area contributed by atoms with Crippen molar-refractivity contribution < 1.29 is 14.3 Å². The molecule has 1 aromatic carbocycles. The molecule has 1 aromatic rings. The van der Waals surface area contributed by atoms with Gasteiger partial charge in [-0.05, 0) is 48.1 Å². The maximum atomic E-state index is 12.2. The van der Waals surface area contributed by atoms with Gasteiger partial charge < -0.3 is 14.8 Å². The van der Waals surface area contributed by atoms with Gasteiger partial charge in [0.1, 0.15) is 17.3 Å². The highest BCUT2D eigenvalue weighted by Crippen LogP contribution is 2.29. The van der Waals surface area contributed by atoms with Crippen molar-refractivity contribution in [1.82, 2.24) is 5.32 Å². The third-order valence-electron chi connectivity index (χ3n) is 4.50. The molecule has 5 heteroatoms. The number of carbonyl (C=O) groups is 1. The summed E-state index contributed by atoms with van der Waals surface area (Å²) in [6, 6.07) is 5.95. The molecule has 1 amide bonds. The molecule has 0 spiro atoms. The van der Waals surface area contributed by atoms with Crippen LogP contribution in [0.2, 0.25) is 0 Å². The zero-order valence-corrected chi connectivity index (χ0v) is 14.5. The summed E-state index contributed by atoms with van der Waals surface area (Å²) in [5.74, 6) is 2.16. The smallest absolute Gasteiger partial charge is 0.275 e.